The molecular formula is C6H12O2S2. The first-order chi connectivity index (χ1) is 4.50. The van der Waals surface area contributed by atoms with E-state index in [9.17, 15) is 8.42 Å². The summed E-state index contributed by atoms with van der Waals surface area (Å²) in [6.45, 7) is 2.08. The SMILES string of the molecule is CC1CCC(S(C)(=O)=O)S1. The second kappa shape index (κ2) is 2.74. The first-order valence-electron chi connectivity index (χ1n) is 3.34. The quantitative estimate of drug-likeness (QED) is 0.609. The molecule has 0 aromatic rings. The van der Waals surface area contributed by atoms with Gasteiger partial charge in [-0.15, -0.1) is 11.8 Å². The summed E-state index contributed by atoms with van der Waals surface area (Å²) in [5.41, 5.74) is 0. The summed E-state index contributed by atoms with van der Waals surface area (Å²) in [6, 6.07) is 0. The summed E-state index contributed by atoms with van der Waals surface area (Å²) < 4.78 is 21.8. The van der Waals surface area contributed by atoms with Gasteiger partial charge in [-0.25, -0.2) is 8.42 Å². The molecule has 0 aromatic carbocycles. The Morgan fingerprint density at radius 3 is 2.20 bits per heavy atom. The van der Waals surface area contributed by atoms with Crippen LogP contribution in [-0.2, 0) is 9.84 Å². The average molecular weight is 180 g/mol. The molecule has 2 atom stereocenters. The van der Waals surface area contributed by atoms with Gasteiger partial charge in [0.2, 0.25) is 0 Å². The molecule has 1 heterocycles. The molecule has 1 aliphatic heterocycles. The fraction of sp³-hybridized carbons (Fsp3) is 1.00. The van der Waals surface area contributed by atoms with Gasteiger partial charge in [0.1, 0.15) is 4.58 Å². The molecule has 0 amide bonds. The summed E-state index contributed by atoms with van der Waals surface area (Å²) >= 11 is 1.58. The highest BCUT2D eigenvalue weighted by Gasteiger charge is 2.29. The van der Waals surface area contributed by atoms with Crippen molar-refractivity contribution in [2.75, 3.05) is 6.26 Å². The Hall–Kier alpha value is 0.300. The Balaban J connectivity index is 2.62. The van der Waals surface area contributed by atoms with Gasteiger partial charge >= 0.3 is 0 Å². The number of rotatable bonds is 1. The van der Waals surface area contributed by atoms with Crippen molar-refractivity contribution in [3.63, 3.8) is 0 Å². The van der Waals surface area contributed by atoms with Crippen molar-refractivity contribution in [3.8, 4) is 0 Å². The van der Waals surface area contributed by atoms with Crippen LogP contribution in [0.15, 0.2) is 0 Å². The number of sulfone groups is 1. The molecule has 1 fully saturated rings. The number of hydrogen-bond donors (Lipinski definition) is 0. The van der Waals surface area contributed by atoms with Crippen molar-refractivity contribution >= 4 is 21.6 Å². The summed E-state index contributed by atoms with van der Waals surface area (Å²) in [6.07, 6.45) is 3.20. The monoisotopic (exact) mass is 180 g/mol. The van der Waals surface area contributed by atoms with Crippen molar-refractivity contribution in [2.24, 2.45) is 0 Å². The molecule has 2 unspecified atom stereocenters. The van der Waals surface area contributed by atoms with Crippen LogP contribution < -0.4 is 0 Å². The predicted molar refractivity (Wildman–Crippen MR) is 44.9 cm³/mol. The van der Waals surface area contributed by atoms with Gasteiger partial charge in [0, 0.05) is 11.5 Å². The summed E-state index contributed by atoms with van der Waals surface area (Å²) in [4.78, 5) is 0. The Kier molecular flexibility index (Phi) is 2.30. The lowest BCUT2D eigenvalue weighted by molar-refractivity contribution is 0.596. The molecule has 60 valence electrons. The van der Waals surface area contributed by atoms with Crippen LogP contribution in [-0.4, -0.2) is 24.5 Å². The molecule has 0 bridgehead atoms. The second-order valence-electron chi connectivity index (χ2n) is 2.78. The van der Waals surface area contributed by atoms with Crippen LogP contribution in [0.4, 0.5) is 0 Å². The standard InChI is InChI=1S/C6H12O2S2/c1-5-3-4-6(9-5)10(2,7)8/h5-6H,3-4H2,1-2H3. The molecule has 1 saturated heterocycles. The molecule has 0 aliphatic carbocycles. The Morgan fingerprint density at radius 1 is 1.40 bits per heavy atom. The van der Waals surface area contributed by atoms with Crippen LogP contribution >= 0.6 is 11.8 Å². The summed E-state index contributed by atoms with van der Waals surface area (Å²) in [5, 5.41) is 0.528. The van der Waals surface area contributed by atoms with E-state index in [1.165, 1.54) is 6.26 Å². The van der Waals surface area contributed by atoms with E-state index in [0.29, 0.717) is 5.25 Å². The molecular weight excluding hydrogens is 168 g/mol. The average Bonchev–Trinajstić information content (AvgIpc) is 2.11. The van der Waals surface area contributed by atoms with Gasteiger partial charge in [-0.2, -0.15) is 0 Å². The van der Waals surface area contributed by atoms with E-state index in [-0.39, 0.29) is 4.58 Å². The zero-order chi connectivity index (χ0) is 7.78. The first-order valence-corrected chi connectivity index (χ1v) is 6.24. The van der Waals surface area contributed by atoms with Gasteiger partial charge < -0.3 is 0 Å². The molecule has 0 N–H and O–H groups in total. The molecule has 2 nitrogen and oxygen atoms in total. The molecule has 4 heteroatoms. The Morgan fingerprint density at radius 2 is 2.00 bits per heavy atom. The zero-order valence-electron chi connectivity index (χ0n) is 6.20. The van der Waals surface area contributed by atoms with Crippen molar-refractivity contribution in [3.05, 3.63) is 0 Å². The molecule has 1 rings (SSSR count). The van der Waals surface area contributed by atoms with E-state index in [2.05, 4.69) is 6.92 Å². The second-order valence-corrected chi connectivity index (χ2v) is 6.96. The maximum atomic E-state index is 11.0. The van der Waals surface area contributed by atoms with Crippen LogP contribution in [0.2, 0.25) is 0 Å². The molecule has 0 radical (unpaired) electrons. The normalized spacial score (nSPS) is 34.6. The minimum atomic E-state index is -2.77. The third-order valence-electron chi connectivity index (χ3n) is 1.67. The zero-order valence-corrected chi connectivity index (χ0v) is 7.83. The van der Waals surface area contributed by atoms with Crippen LogP contribution in [0, 0.1) is 0 Å². The Bertz CT molecular complexity index is 208. The number of hydrogen-bond acceptors (Lipinski definition) is 3. The van der Waals surface area contributed by atoms with Crippen molar-refractivity contribution in [2.45, 2.75) is 29.6 Å². The molecule has 1 aliphatic rings. The van der Waals surface area contributed by atoms with E-state index in [1.54, 1.807) is 11.8 Å². The van der Waals surface area contributed by atoms with Crippen LogP contribution in [0.25, 0.3) is 0 Å². The van der Waals surface area contributed by atoms with E-state index in [1.807, 2.05) is 0 Å². The summed E-state index contributed by atoms with van der Waals surface area (Å²) in [5.74, 6) is 0. The van der Waals surface area contributed by atoms with Gasteiger partial charge in [-0.3, -0.25) is 0 Å². The molecule has 0 aromatic heterocycles. The lowest BCUT2D eigenvalue weighted by atomic mass is 10.3. The fourth-order valence-corrected chi connectivity index (χ4v) is 4.08. The van der Waals surface area contributed by atoms with Gasteiger partial charge in [0.05, 0.1) is 0 Å². The predicted octanol–water partition coefficient (Wildman–Crippen LogP) is 1.27. The third kappa shape index (κ3) is 1.89. The summed E-state index contributed by atoms with van der Waals surface area (Å²) in [7, 11) is -2.77. The van der Waals surface area contributed by atoms with Crippen molar-refractivity contribution < 1.29 is 8.42 Å². The van der Waals surface area contributed by atoms with Crippen LogP contribution in [0.5, 0.6) is 0 Å². The Labute approximate surface area is 66.3 Å². The van der Waals surface area contributed by atoms with Gasteiger partial charge in [0.25, 0.3) is 0 Å². The maximum Gasteiger partial charge on any atom is 0.159 e. The number of thioether (sulfide) groups is 1. The van der Waals surface area contributed by atoms with Crippen molar-refractivity contribution in [1.82, 2.24) is 0 Å². The molecule has 0 spiro atoms. The van der Waals surface area contributed by atoms with E-state index in [0.717, 1.165) is 12.8 Å². The minimum Gasteiger partial charge on any atom is -0.228 e. The highest BCUT2D eigenvalue weighted by Crippen LogP contribution is 2.35. The topological polar surface area (TPSA) is 34.1 Å². The minimum absolute atomic E-state index is 0.123. The lowest BCUT2D eigenvalue weighted by Gasteiger charge is -2.04. The molecule has 10 heavy (non-hydrogen) atoms. The first kappa shape index (κ1) is 8.40. The highest BCUT2D eigenvalue weighted by atomic mass is 32.3. The smallest absolute Gasteiger partial charge is 0.159 e. The van der Waals surface area contributed by atoms with E-state index < -0.39 is 9.84 Å². The van der Waals surface area contributed by atoms with Crippen molar-refractivity contribution in [1.29, 1.82) is 0 Å². The van der Waals surface area contributed by atoms with Gasteiger partial charge in [-0.05, 0) is 12.8 Å². The third-order valence-corrected chi connectivity index (χ3v) is 5.48. The van der Waals surface area contributed by atoms with Gasteiger partial charge in [0.15, 0.2) is 9.84 Å². The van der Waals surface area contributed by atoms with E-state index in [4.69, 9.17) is 0 Å². The van der Waals surface area contributed by atoms with Crippen LogP contribution in [0.3, 0.4) is 0 Å². The molecule has 0 saturated carbocycles. The lowest BCUT2D eigenvalue weighted by Crippen LogP contribution is -2.11. The highest BCUT2D eigenvalue weighted by molar-refractivity contribution is 8.13. The maximum absolute atomic E-state index is 11.0. The van der Waals surface area contributed by atoms with Crippen LogP contribution in [0.1, 0.15) is 19.8 Å². The van der Waals surface area contributed by atoms with Gasteiger partial charge in [-0.1, -0.05) is 6.92 Å². The fourth-order valence-electron chi connectivity index (χ4n) is 1.08. The largest absolute Gasteiger partial charge is 0.228 e. The van der Waals surface area contributed by atoms with E-state index >= 15 is 0 Å².